The van der Waals surface area contributed by atoms with Crippen LogP contribution in [0.5, 0.6) is 0 Å². The van der Waals surface area contributed by atoms with Crippen LogP contribution in [0.3, 0.4) is 0 Å². The van der Waals surface area contributed by atoms with Gasteiger partial charge in [0.1, 0.15) is 28.7 Å². The van der Waals surface area contributed by atoms with E-state index in [0.717, 1.165) is 24.6 Å². The van der Waals surface area contributed by atoms with Gasteiger partial charge in [-0.05, 0) is 18.6 Å². The zero-order chi connectivity index (χ0) is 15.1. The minimum Gasteiger partial charge on any atom is -0.369 e. The number of benzene rings is 1. The number of rotatable bonds is 2. The van der Waals surface area contributed by atoms with Gasteiger partial charge in [0, 0.05) is 30.6 Å². The van der Waals surface area contributed by atoms with Crippen molar-refractivity contribution in [2.45, 2.75) is 6.42 Å². The highest BCUT2D eigenvalue weighted by Gasteiger charge is 2.25. The average Bonchev–Trinajstić information content (AvgIpc) is 3.11. The molecule has 1 N–H and O–H groups in total. The Morgan fingerprint density at radius 1 is 1.18 bits per heavy atom. The zero-order valence-corrected chi connectivity index (χ0v) is 11.4. The first-order valence-electron chi connectivity index (χ1n) is 6.81. The second kappa shape index (κ2) is 4.87. The van der Waals surface area contributed by atoms with Crippen LogP contribution in [0, 0.1) is 11.6 Å². The predicted octanol–water partition coefficient (Wildman–Crippen LogP) is 2.58. The van der Waals surface area contributed by atoms with Crippen molar-refractivity contribution in [2.24, 2.45) is 0 Å². The number of anilines is 1. The quantitative estimate of drug-likeness (QED) is 0.790. The van der Waals surface area contributed by atoms with Crippen LogP contribution in [0.4, 0.5) is 14.6 Å². The molecule has 3 heterocycles. The number of fused-ring (bicyclic) bond motifs is 1. The van der Waals surface area contributed by atoms with Crippen LogP contribution in [0.2, 0.25) is 0 Å². The van der Waals surface area contributed by atoms with Gasteiger partial charge in [0.25, 0.3) is 0 Å². The van der Waals surface area contributed by atoms with Gasteiger partial charge < -0.3 is 5.32 Å². The maximum absolute atomic E-state index is 14.1. The summed E-state index contributed by atoms with van der Waals surface area (Å²) < 4.78 is 28.6. The highest BCUT2D eigenvalue weighted by molar-refractivity contribution is 5.70. The van der Waals surface area contributed by atoms with E-state index in [1.807, 2.05) is 0 Å². The number of nitrogens with zero attached hydrogens (tertiary/aromatic N) is 4. The molecule has 0 bridgehead atoms. The molecule has 0 saturated carbocycles. The van der Waals surface area contributed by atoms with Crippen LogP contribution < -0.4 is 5.32 Å². The summed E-state index contributed by atoms with van der Waals surface area (Å²) in [5.74, 6) is -0.567. The van der Waals surface area contributed by atoms with Crippen molar-refractivity contribution < 1.29 is 8.78 Å². The van der Waals surface area contributed by atoms with E-state index in [4.69, 9.17) is 0 Å². The van der Waals surface area contributed by atoms with Crippen molar-refractivity contribution in [3.05, 3.63) is 54.0 Å². The Kier molecular flexibility index (Phi) is 2.85. The van der Waals surface area contributed by atoms with E-state index in [-0.39, 0.29) is 5.69 Å². The number of nitrogens with one attached hydrogen (secondary N) is 1. The molecule has 1 aliphatic heterocycles. The third kappa shape index (κ3) is 1.93. The molecule has 7 heteroatoms. The van der Waals surface area contributed by atoms with Gasteiger partial charge in [-0.1, -0.05) is 0 Å². The van der Waals surface area contributed by atoms with Crippen molar-refractivity contribution >= 4 is 5.82 Å². The molecule has 1 aromatic carbocycles. The van der Waals surface area contributed by atoms with Crippen LogP contribution in [0.1, 0.15) is 5.56 Å². The summed E-state index contributed by atoms with van der Waals surface area (Å²) in [7, 11) is 0. The van der Waals surface area contributed by atoms with Gasteiger partial charge in [-0.3, -0.25) is 9.97 Å². The Morgan fingerprint density at radius 3 is 2.86 bits per heavy atom. The SMILES string of the molecule is Fc1ccc(-n2nc(-c3cnccn3)c3c2NCC3)c(F)c1. The fourth-order valence-corrected chi connectivity index (χ4v) is 2.63. The number of halogens is 2. The number of hydrogen-bond donors (Lipinski definition) is 1. The van der Waals surface area contributed by atoms with Crippen molar-refractivity contribution in [1.29, 1.82) is 0 Å². The summed E-state index contributed by atoms with van der Waals surface area (Å²) in [5.41, 5.74) is 2.45. The van der Waals surface area contributed by atoms with Gasteiger partial charge in [0.2, 0.25) is 0 Å². The predicted molar refractivity (Wildman–Crippen MR) is 76.7 cm³/mol. The third-order valence-corrected chi connectivity index (χ3v) is 3.59. The van der Waals surface area contributed by atoms with Gasteiger partial charge in [-0.2, -0.15) is 5.10 Å². The lowest BCUT2D eigenvalue weighted by molar-refractivity contribution is 0.574. The van der Waals surface area contributed by atoms with Crippen molar-refractivity contribution in [3.63, 3.8) is 0 Å². The van der Waals surface area contributed by atoms with E-state index in [1.54, 1.807) is 18.6 Å². The molecule has 0 fully saturated rings. The molecule has 0 spiro atoms. The van der Waals surface area contributed by atoms with Gasteiger partial charge in [0.05, 0.1) is 6.20 Å². The number of aromatic nitrogens is 4. The normalized spacial score (nSPS) is 13.0. The van der Waals surface area contributed by atoms with Gasteiger partial charge in [-0.25, -0.2) is 13.5 Å². The second-order valence-corrected chi connectivity index (χ2v) is 4.95. The second-order valence-electron chi connectivity index (χ2n) is 4.95. The summed E-state index contributed by atoms with van der Waals surface area (Å²) in [5, 5.41) is 7.64. The monoisotopic (exact) mass is 299 g/mol. The first-order valence-corrected chi connectivity index (χ1v) is 6.81. The molecule has 3 aromatic rings. The first-order chi connectivity index (χ1) is 10.7. The molecule has 0 saturated heterocycles. The summed E-state index contributed by atoms with van der Waals surface area (Å²) in [6.45, 7) is 0.739. The van der Waals surface area contributed by atoms with E-state index in [9.17, 15) is 8.78 Å². The fourth-order valence-electron chi connectivity index (χ4n) is 2.63. The number of hydrogen-bond acceptors (Lipinski definition) is 4. The Morgan fingerprint density at radius 2 is 2.09 bits per heavy atom. The Balaban J connectivity index is 1.92. The van der Waals surface area contributed by atoms with Crippen molar-refractivity contribution in [3.8, 4) is 17.1 Å². The molecule has 0 radical (unpaired) electrons. The van der Waals surface area contributed by atoms with Gasteiger partial charge in [-0.15, -0.1) is 0 Å². The average molecular weight is 299 g/mol. The summed E-state index contributed by atoms with van der Waals surface area (Å²) in [6, 6.07) is 3.43. The largest absolute Gasteiger partial charge is 0.369 e. The fraction of sp³-hybridized carbons (Fsp3) is 0.133. The molecule has 110 valence electrons. The molecule has 0 aliphatic carbocycles. The first kappa shape index (κ1) is 12.9. The molecular weight excluding hydrogens is 288 g/mol. The van der Waals surface area contributed by atoms with Crippen LogP contribution in [0.15, 0.2) is 36.8 Å². The lowest BCUT2D eigenvalue weighted by Gasteiger charge is -2.07. The maximum Gasteiger partial charge on any atom is 0.151 e. The Hall–Kier alpha value is -2.83. The lowest BCUT2D eigenvalue weighted by Crippen LogP contribution is -2.06. The molecule has 5 nitrogen and oxygen atoms in total. The van der Waals surface area contributed by atoms with Gasteiger partial charge >= 0.3 is 0 Å². The Bertz CT molecular complexity index is 845. The van der Waals surface area contributed by atoms with E-state index in [2.05, 4.69) is 20.4 Å². The molecular formula is C15H11F2N5. The van der Waals surface area contributed by atoms with Crippen LogP contribution in [-0.2, 0) is 6.42 Å². The van der Waals surface area contributed by atoms with E-state index in [0.29, 0.717) is 17.2 Å². The summed E-state index contributed by atoms with van der Waals surface area (Å²) in [6.07, 6.45) is 5.55. The van der Waals surface area contributed by atoms with Crippen LogP contribution >= 0.6 is 0 Å². The highest BCUT2D eigenvalue weighted by Crippen LogP contribution is 2.34. The molecule has 0 amide bonds. The van der Waals surface area contributed by atoms with Crippen LogP contribution in [-0.4, -0.2) is 26.3 Å². The lowest BCUT2D eigenvalue weighted by atomic mass is 10.1. The molecule has 0 unspecified atom stereocenters. The summed E-state index contributed by atoms with van der Waals surface area (Å²) in [4.78, 5) is 8.29. The van der Waals surface area contributed by atoms with Gasteiger partial charge in [0.15, 0.2) is 5.82 Å². The molecule has 22 heavy (non-hydrogen) atoms. The van der Waals surface area contributed by atoms with E-state index >= 15 is 0 Å². The third-order valence-electron chi connectivity index (χ3n) is 3.59. The van der Waals surface area contributed by atoms with E-state index < -0.39 is 11.6 Å². The van der Waals surface area contributed by atoms with Crippen molar-refractivity contribution in [1.82, 2.24) is 19.7 Å². The topological polar surface area (TPSA) is 55.6 Å². The van der Waals surface area contributed by atoms with E-state index in [1.165, 1.54) is 16.8 Å². The minimum atomic E-state index is -0.662. The minimum absolute atomic E-state index is 0.196. The molecule has 2 aromatic heterocycles. The summed E-state index contributed by atoms with van der Waals surface area (Å²) >= 11 is 0. The smallest absolute Gasteiger partial charge is 0.151 e. The maximum atomic E-state index is 14.1. The van der Waals surface area contributed by atoms with Crippen molar-refractivity contribution in [2.75, 3.05) is 11.9 Å². The van der Waals surface area contributed by atoms with Crippen LogP contribution in [0.25, 0.3) is 17.1 Å². The molecule has 0 atom stereocenters. The molecule has 1 aliphatic rings. The zero-order valence-electron chi connectivity index (χ0n) is 11.4. The Labute approximate surface area is 124 Å². The standard InChI is InChI=1S/C15H11F2N5/c16-9-1-2-13(11(17)7-9)22-15-10(3-4-20-15)14(21-22)12-8-18-5-6-19-12/h1-2,5-8,20H,3-4H2. The molecule has 4 rings (SSSR count). The highest BCUT2D eigenvalue weighted by atomic mass is 19.1.